The van der Waals surface area contributed by atoms with E-state index in [1.165, 1.54) is 6.07 Å². The summed E-state index contributed by atoms with van der Waals surface area (Å²) in [6, 6.07) is 4.86. The molecule has 0 fully saturated rings. The van der Waals surface area contributed by atoms with Crippen molar-refractivity contribution >= 4 is 21.6 Å². The normalized spacial score (nSPS) is 13.1. The zero-order valence-electron chi connectivity index (χ0n) is 11.8. The number of rotatable bonds is 5. The number of ether oxygens (including phenoxy) is 1. The molecule has 1 rings (SSSR count). The first kappa shape index (κ1) is 16.0. The van der Waals surface area contributed by atoms with Crippen LogP contribution in [0.2, 0.25) is 0 Å². The van der Waals surface area contributed by atoms with Crippen molar-refractivity contribution in [2.75, 3.05) is 11.9 Å². The molecule has 0 aromatic heterocycles. The third kappa shape index (κ3) is 4.49. The van der Waals surface area contributed by atoms with Gasteiger partial charge in [0.15, 0.2) is 0 Å². The van der Waals surface area contributed by atoms with Gasteiger partial charge in [-0.1, -0.05) is 36.7 Å². The summed E-state index contributed by atoms with van der Waals surface area (Å²) in [7, 11) is 0. The quantitative estimate of drug-likeness (QED) is 0.458. The highest BCUT2D eigenvalue weighted by atomic mass is 79.9. The van der Waals surface area contributed by atoms with Crippen LogP contribution in [0.5, 0.6) is 5.75 Å². The van der Waals surface area contributed by atoms with Crippen LogP contribution in [-0.2, 0) is 0 Å². The van der Waals surface area contributed by atoms with Gasteiger partial charge in [-0.05, 0) is 24.5 Å². The predicted molar refractivity (Wildman–Crippen MR) is 80.1 cm³/mol. The Kier molecular flexibility index (Phi) is 5.35. The summed E-state index contributed by atoms with van der Waals surface area (Å²) in [5, 5.41) is 11.6. The first-order valence-electron chi connectivity index (χ1n) is 6.19. The Balaban J connectivity index is 2.74. The zero-order chi connectivity index (χ0) is 14.6. The molecule has 4 nitrogen and oxygen atoms in total. The molecule has 0 heterocycles. The molecule has 1 atom stereocenters. The van der Waals surface area contributed by atoms with Crippen molar-refractivity contribution in [2.24, 2.45) is 11.3 Å². The summed E-state index contributed by atoms with van der Waals surface area (Å²) in [4.78, 5) is 10.4. The number of hydrogen-bond donors (Lipinski definition) is 0. The molecule has 0 amide bonds. The largest absolute Gasteiger partial charge is 0.493 e. The third-order valence-electron chi connectivity index (χ3n) is 3.23. The lowest BCUT2D eigenvalue weighted by Crippen LogP contribution is -2.27. The maximum absolute atomic E-state index is 10.7. The second kappa shape index (κ2) is 6.37. The Morgan fingerprint density at radius 1 is 1.42 bits per heavy atom. The molecule has 0 radical (unpaired) electrons. The minimum atomic E-state index is -0.379. The van der Waals surface area contributed by atoms with Crippen molar-refractivity contribution in [3.63, 3.8) is 0 Å². The summed E-state index contributed by atoms with van der Waals surface area (Å²) < 4.78 is 5.75. The lowest BCUT2D eigenvalue weighted by Gasteiger charge is -2.29. The van der Waals surface area contributed by atoms with Crippen molar-refractivity contribution in [3.05, 3.63) is 33.9 Å². The zero-order valence-corrected chi connectivity index (χ0v) is 13.4. The summed E-state index contributed by atoms with van der Waals surface area (Å²) in [6.45, 7) is 8.82. The van der Waals surface area contributed by atoms with Gasteiger partial charge in [0.2, 0.25) is 0 Å². The molecule has 1 aromatic carbocycles. The molecular formula is C14H20BrNO3. The van der Waals surface area contributed by atoms with Gasteiger partial charge in [-0.25, -0.2) is 0 Å². The van der Waals surface area contributed by atoms with Crippen molar-refractivity contribution in [2.45, 2.75) is 27.7 Å². The lowest BCUT2D eigenvalue weighted by molar-refractivity contribution is -0.385. The molecular weight excluding hydrogens is 310 g/mol. The molecule has 106 valence electrons. The van der Waals surface area contributed by atoms with Crippen molar-refractivity contribution in [1.82, 2.24) is 0 Å². The lowest BCUT2D eigenvalue weighted by atomic mass is 9.83. The minimum absolute atomic E-state index is 0.125. The highest BCUT2D eigenvalue weighted by Crippen LogP contribution is 2.29. The summed E-state index contributed by atoms with van der Waals surface area (Å²) >= 11 is 3.50. The van der Waals surface area contributed by atoms with Crippen molar-refractivity contribution in [1.29, 1.82) is 0 Å². The van der Waals surface area contributed by atoms with Crippen LogP contribution in [0, 0.1) is 28.4 Å². The van der Waals surface area contributed by atoms with Gasteiger partial charge in [0.1, 0.15) is 5.75 Å². The number of nitrogens with zero attached hydrogens (tertiary/aromatic N) is 1. The average molecular weight is 330 g/mol. The van der Waals surface area contributed by atoms with Gasteiger partial charge in [-0.3, -0.25) is 10.1 Å². The molecule has 19 heavy (non-hydrogen) atoms. The van der Waals surface area contributed by atoms with E-state index in [2.05, 4.69) is 36.7 Å². The minimum Gasteiger partial charge on any atom is -0.493 e. The molecule has 5 heteroatoms. The van der Waals surface area contributed by atoms with E-state index >= 15 is 0 Å². The molecule has 0 bridgehead atoms. The van der Waals surface area contributed by atoms with E-state index in [4.69, 9.17) is 4.74 Å². The van der Waals surface area contributed by atoms with Gasteiger partial charge in [-0.2, -0.15) is 0 Å². The fraction of sp³-hybridized carbons (Fsp3) is 0.571. The summed E-state index contributed by atoms with van der Waals surface area (Å²) in [5.41, 5.74) is 0.896. The van der Waals surface area contributed by atoms with Gasteiger partial charge in [-0.15, -0.1) is 0 Å². The Labute approximate surface area is 122 Å². The molecule has 0 N–H and O–H groups in total. The number of aryl methyl sites for hydroxylation is 1. The SMILES string of the molecule is Cc1cc(OCC(CBr)C(C)(C)C)ccc1[N+](=O)[O-]. The van der Waals surface area contributed by atoms with Gasteiger partial charge in [0, 0.05) is 22.9 Å². The van der Waals surface area contributed by atoms with E-state index in [0.29, 0.717) is 23.8 Å². The molecule has 0 aliphatic heterocycles. The van der Waals surface area contributed by atoms with E-state index in [9.17, 15) is 10.1 Å². The second-order valence-electron chi connectivity index (χ2n) is 5.73. The van der Waals surface area contributed by atoms with Crippen molar-refractivity contribution < 1.29 is 9.66 Å². The fourth-order valence-corrected chi connectivity index (χ4v) is 2.80. The van der Waals surface area contributed by atoms with Gasteiger partial charge in [0.05, 0.1) is 11.5 Å². The number of benzene rings is 1. The van der Waals surface area contributed by atoms with Crippen LogP contribution < -0.4 is 4.74 Å². The Morgan fingerprint density at radius 3 is 2.47 bits per heavy atom. The van der Waals surface area contributed by atoms with Crippen LogP contribution in [0.3, 0.4) is 0 Å². The number of nitro benzene ring substituents is 1. The number of nitro groups is 1. The Morgan fingerprint density at radius 2 is 2.05 bits per heavy atom. The molecule has 0 aliphatic carbocycles. The van der Waals surface area contributed by atoms with Crippen LogP contribution in [0.25, 0.3) is 0 Å². The first-order valence-corrected chi connectivity index (χ1v) is 7.31. The van der Waals surface area contributed by atoms with Crippen LogP contribution in [0.1, 0.15) is 26.3 Å². The van der Waals surface area contributed by atoms with E-state index < -0.39 is 0 Å². The monoisotopic (exact) mass is 329 g/mol. The van der Waals surface area contributed by atoms with Crippen LogP contribution >= 0.6 is 15.9 Å². The average Bonchev–Trinajstić information content (AvgIpc) is 2.27. The maximum Gasteiger partial charge on any atom is 0.272 e. The number of hydrogen-bond acceptors (Lipinski definition) is 3. The first-order chi connectivity index (χ1) is 8.75. The maximum atomic E-state index is 10.7. The highest BCUT2D eigenvalue weighted by Gasteiger charge is 2.24. The standard InChI is InChI=1S/C14H20BrNO3/c1-10-7-12(5-6-13(10)16(17)18)19-9-11(8-15)14(2,3)4/h5-7,11H,8-9H2,1-4H3. The van der Waals surface area contributed by atoms with E-state index in [0.717, 1.165) is 5.33 Å². The topological polar surface area (TPSA) is 52.4 Å². The fourth-order valence-electron chi connectivity index (χ4n) is 1.65. The van der Waals surface area contributed by atoms with Crippen LogP contribution in [-0.4, -0.2) is 16.9 Å². The highest BCUT2D eigenvalue weighted by molar-refractivity contribution is 9.09. The summed E-state index contributed by atoms with van der Waals surface area (Å²) in [6.07, 6.45) is 0. The summed E-state index contributed by atoms with van der Waals surface area (Å²) in [5.74, 6) is 1.06. The Hall–Kier alpha value is -1.10. The van der Waals surface area contributed by atoms with Crippen LogP contribution in [0.15, 0.2) is 18.2 Å². The second-order valence-corrected chi connectivity index (χ2v) is 6.38. The third-order valence-corrected chi connectivity index (χ3v) is 4.01. The smallest absolute Gasteiger partial charge is 0.272 e. The van der Waals surface area contributed by atoms with E-state index in [1.54, 1.807) is 19.1 Å². The molecule has 1 aromatic rings. The number of halogens is 1. The van der Waals surface area contributed by atoms with E-state index in [-0.39, 0.29) is 16.0 Å². The predicted octanol–water partition coefficient (Wildman–Crippen LogP) is 4.34. The van der Waals surface area contributed by atoms with Gasteiger partial charge >= 0.3 is 0 Å². The molecule has 0 aliphatic rings. The van der Waals surface area contributed by atoms with Crippen LogP contribution in [0.4, 0.5) is 5.69 Å². The molecule has 1 unspecified atom stereocenters. The van der Waals surface area contributed by atoms with Gasteiger partial charge < -0.3 is 4.74 Å². The molecule has 0 saturated heterocycles. The molecule has 0 saturated carbocycles. The van der Waals surface area contributed by atoms with Gasteiger partial charge in [0.25, 0.3) is 5.69 Å². The van der Waals surface area contributed by atoms with E-state index in [1.807, 2.05) is 0 Å². The number of alkyl halides is 1. The molecule has 0 spiro atoms. The Bertz CT molecular complexity index is 454. The van der Waals surface area contributed by atoms with Crippen molar-refractivity contribution in [3.8, 4) is 5.75 Å².